The van der Waals surface area contributed by atoms with E-state index in [1.165, 1.54) is 6.08 Å². The van der Waals surface area contributed by atoms with E-state index in [0.29, 0.717) is 0 Å². The highest BCUT2D eigenvalue weighted by Gasteiger charge is 1.85. The van der Waals surface area contributed by atoms with E-state index >= 15 is 0 Å². The predicted molar refractivity (Wildman–Crippen MR) is 40.8 cm³/mol. The lowest BCUT2D eigenvalue weighted by Crippen LogP contribution is -1.76. The Balaban J connectivity index is 4.31. The molecule has 0 saturated carbocycles. The highest BCUT2D eigenvalue weighted by Crippen LogP contribution is 1.95. The SMILES string of the molecule is C=C=C(O)C=C(O)C=CC. The van der Waals surface area contributed by atoms with Crippen LogP contribution in [0.25, 0.3) is 0 Å². The van der Waals surface area contributed by atoms with Crippen LogP contribution in [-0.2, 0) is 0 Å². The number of aliphatic hydroxyl groups is 2. The Morgan fingerprint density at radius 3 is 2.50 bits per heavy atom. The van der Waals surface area contributed by atoms with E-state index in [9.17, 15) is 0 Å². The van der Waals surface area contributed by atoms with Crippen LogP contribution in [0.2, 0.25) is 0 Å². The van der Waals surface area contributed by atoms with E-state index in [-0.39, 0.29) is 11.5 Å². The van der Waals surface area contributed by atoms with Crippen LogP contribution in [0, 0.1) is 0 Å². The van der Waals surface area contributed by atoms with Gasteiger partial charge in [-0.15, -0.1) is 0 Å². The van der Waals surface area contributed by atoms with Crippen molar-refractivity contribution in [3.05, 3.63) is 42.1 Å². The van der Waals surface area contributed by atoms with Gasteiger partial charge in [0.15, 0.2) is 5.76 Å². The summed E-state index contributed by atoms with van der Waals surface area (Å²) in [6.07, 6.45) is 4.27. The molecule has 0 aromatic rings. The molecule has 10 heavy (non-hydrogen) atoms. The van der Waals surface area contributed by atoms with Crippen molar-refractivity contribution in [1.29, 1.82) is 0 Å². The smallest absolute Gasteiger partial charge is 0.162 e. The summed E-state index contributed by atoms with van der Waals surface area (Å²) in [5, 5.41) is 17.6. The molecule has 0 atom stereocenters. The van der Waals surface area contributed by atoms with Gasteiger partial charge in [-0.3, -0.25) is 0 Å². The van der Waals surface area contributed by atoms with E-state index < -0.39 is 0 Å². The van der Waals surface area contributed by atoms with Crippen LogP contribution in [0.4, 0.5) is 0 Å². The third kappa shape index (κ3) is 3.58. The fraction of sp³-hybridized carbons (Fsp3) is 0.125. The Kier molecular flexibility index (Phi) is 3.85. The van der Waals surface area contributed by atoms with Crippen LogP contribution in [0.3, 0.4) is 0 Å². The maximum Gasteiger partial charge on any atom is 0.162 e. The van der Waals surface area contributed by atoms with Crippen molar-refractivity contribution in [3.8, 4) is 0 Å². The van der Waals surface area contributed by atoms with E-state index in [2.05, 4.69) is 12.3 Å². The molecule has 2 heteroatoms. The minimum absolute atomic E-state index is 0.0175. The second-order valence-corrected chi connectivity index (χ2v) is 1.63. The maximum absolute atomic E-state index is 8.88. The predicted octanol–water partition coefficient (Wildman–Crippen LogP) is 2.23. The van der Waals surface area contributed by atoms with E-state index in [4.69, 9.17) is 10.2 Å². The maximum atomic E-state index is 8.88. The van der Waals surface area contributed by atoms with Gasteiger partial charge in [-0.05, 0) is 13.0 Å². The first-order chi connectivity index (χ1) is 4.70. The summed E-state index contributed by atoms with van der Waals surface area (Å²) >= 11 is 0. The van der Waals surface area contributed by atoms with Crippen LogP contribution in [0.5, 0.6) is 0 Å². The molecule has 0 amide bonds. The van der Waals surface area contributed by atoms with Gasteiger partial charge in [-0.2, -0.15) is 0 Å². The van der Waals surface area contributed by atoms with Gasteiger partial charge in [0.2, 0.25) is 0 Å². The number of hydrogen-bond donors (Lipinski definition) is 2. The number of allylic oxidation sites excluding steroid dienone is 3. The largest absolute Gasteiger partial charge is 0.508 e. The molecule has 0 radical (unpaired) electrons. The molecule has 0 aliphatic carbocycles. The molecular weight excluding hydrogens is 128 g/mol. The molecule has 0 aliphatic rings. The van der Waals surface area contributed by atoms with Crippen LogP contribution in [-0.4, -0.2) is 10.2 Å². The Morgan fingerprint density at radius 2 is 2.10 bits per heavy atom. The Bertz CT molecular complexity index is 205. The Morgan fingerprint density at radius 1 is 1.50 bits per heavy atom. The normalized spacial score (nSPS) is 11.5. The molecule has 54 valence electrons. The van der Waals surface area contributed by atoms with Gasteiger partial charge in [0.05, 0.1) is 0 Å². The summed E-state index contributed by atoms with van der Waals surface area (Å²) in [6.45, 7) is 4.94. The third-order valence-electron chi connectivity index (χ3n) is 0.803. The standard InChI is InChI=1S/C8H10O2/c1-3-5-8(10)6-7(9)4-2/h3,5-6,9-10H,2H2,1H3. The Hall–Kier alpha value is -1.40. The molecule has 0 spiro atoms. The molecule has 0 heterocycles. The average molecular weight is 138 g/mol. The van der Waals surface area contributed by atoms with Crippen molar-refractivity contribution in [1.82, 2.24) is 0 Å². The molecule has 0 aromatic carbocycles. The molecule has 0 bridgehead atoms. The van der Waals surface area contributed by atoms with Gasteiger partial charge in [-0.25, -0.2) is 0 Å². The molecule has 2 nitrogen and oxygen atoms in total. The highest BCUT2D eigenvalue weighted by atomic mass is 16.3. The number of hydrogen-bond acceptors (Lipinski definition) is 2. The summed E-state index contributed by atoms with van der Waals surface area (Å²) in [6, 6.07) is 0. The zero-order chi connectivity index (χ0) is 7.98. The molecular formula is C8H10O2. The van der Waals surface area contributed by atoms with Crippen LogP contribution in [0.1, 0.15) is 6.92 Å². The average Bonchev–Trinajstić information content (AvgIpc) is 1.88. The minimum atomic E-state index is -0.171. The van der Waals surface area contributed by atoms with E-state index in [1.807, 2.05) is 0 Å². The number of aliphatic hydroxyl groups excluding tert-OH is 2. The van der Waals surface area contributed by atoms with Gasteiger partial charge < -0.3 is 10.2 Å². The van der Waals surface area contributed by atoms with Gasteiger partial charge in [0.25, 0.3) is 0 Å². The molecule has 0 fully saturated rings. The molecule has 0 unspecified atom stereocenters. The van der Waals surface area contributed by atoms with E-state index in [0.717, 1.165) is 6.08 Å². The summed E-state index contributed by atoms with van der Waals surface area (Å²) in [5.41, 5.74) is 2.21. The minimum Gasteiger partial charge on any atom is -0.508 e. The zero-order valence-corrected chi connectivity index (χ0v) is 5.83. The van der Waals surface area contributed by atoms with Crippen molar-refractivity contribution in [2.45, 2.75) is 6.92 Å². The Labute approximate surface area is 60.1 Å². The van der Waals surface area contributed by atoms with Crippen LogP contribution >= 0.6 is 0 Å². The summed E-state index contributed by atoms with van der Waals surface area (Å²) in [4.78, 5) is 0. The van der Waals surface area contributed by atoms with Crippen molar-refractivity contribution in [3.63, 3.8) is 0 Å². The van der Waals surface area contributed by atoms with Crippen molar-refractivity contribution in [2.24, 2.45) is 0 Å². The summed E-state index contributed by atoms with van der Waals surface area (Å²) in [7, 11) is 0. The number of rotatable bonds is 2. The lowest BCUT2D eigenvalue weighted by Gasteiger charge is -1.87. The van der Waals surface area contributed by atoms with Crippen LogP contribution < -0.4 is 0 Å². The molecule has 0 aliphatic heterocycles. The lowest BCUT2D eigenvalue weighted by atomic mass is 10.3. The summed E-state index contributed by atoms with van der Waals surface area (Å²) < 4.78 is 0. The fourth-order valence-corrected chi connectivity index (χ4v) is 0.410. The molecule has 0 aromatic heterocycles. The molecule has 2 N–H and O–H groups in total. The van der Waals surface area contributed by atoms with Gasteiger partial charge in [0.1, 0.15) is 5.76 Å². The first-order valence-corrected chi connectivity index (χ1v) is 2.83. The van der Waals surface area contributed by atoms with Crippen molar-refractivity contribution >= 4 is 0 Å². The van der Waals surface area contributed by atoms with Crippen LogP contribution in [0.15, 0.2) is 42.1 Å². The molecule has 0 rings (SSSR count). The third-order valence-corrected chi connectivity index (χ3v) is 0.803. The monoisotopic (exact) mass is 138 g/mol. The fourth-order valence-electron chi connectivity index (χ4n) is 0.410. The van der Waals surface area contributed by atoms with Gasteiger partial charge in [-0.1, -0.05) is 18.4 Å². The second kappa shape index (κ2) is 4.48. The first kappa shape index (κ1) is 8.60. The zero-order valence-electron chi connectivity index (χ0n) is 5.83. The quantitative estimate of drug-likeness (QED) is 0.349. The first-order valence-electron chi connectivity index (χ1n) is 2.83. The second-order valence-electron chi connectivity index (χ2n) is 1.63. The van der Waals surface area contributed by atoms with Gasteiger partial charge >= 0.3 is 0 Å². The van der Waals surface area contributed by atoms with Crippen molar-refractivity contribution in [2.75, 3.05) is 0 Å². The summed E-state index contributed by atoms with van der Waals surface area (Å²) in [5.74, 6) is -0.188. The molecule has 0 saturated heterocycles. The van der Waals surface area contributed by atoms with E-state index in [1.54, 1.807) is 13.0 Å². The topological polar surface area (TPSA) is 40.5 Å². The van der Waals surface area contributed by atoms with Crippen molar-refractivity contribution < 1.29 is 10.2 Å². The van der Waals surface area contributed by atoms with Gasteiger partial charge in [0, 0.05) is 6.08 Å². The lowest BCUT2D eigenvalue weighted by molar-refractivity contribution is 0.405. The highest BCUT2D eigenvalue weighted by molar-refractivity contribution is 5.19.